The molecule has 7 heteroatoms. The lowest BCUT2D eigenvalue weighted by Crippen LogP contribution is -2.36. The summed E-state index contributed by atoms with van der Waals surface area (Å²) in [4.78, 5) is 26.9. The first-order chi connectivity index (χ1) is 15.4. The van der Waals surface area contributed by atoms with Gasteiger partial charge in [0.15, 0.2) is 0 Å². The van der Waals surface area contributed by atoms with Crippen molar-refractivity contribution in [1.82, 2.24) is 0 Å². The van der Waals surface area contributed by atoms with Crippen LogP contribution in [0.5, 0.6) is 5.75 Å². The summed E-state index contributed by atoms with van der Waals surface area (Å²) in [5.74, 6) is -1.91. The molecule has 0 spiro atoms. The maximum atomic E-state index is 13.0. The van der Waals surface area contributed by atoms with Crippen molar-refractivity contribution in [3.8, 4) is 16.9 Å². The molecule has 1 saturated heterocycles. The highest BCUT2D eigenvalue weighted by atomic mass is 16.5. The summed E-state index contributed by atoms with van der Waals surface area (Å²) in [5.41, 5.74) is 3.76. The molecule has 0 atom stereocenters. The fourth-order valence-electron chi connectivity index (χ4n) is 3.75. The number of aryl methyl sites for hydroxylation is 1. The van der Waals surface area contributed by atoms with Gasteiger partial charge in [0, 0.05) is 18.8 Å². The smallest absolute Gasteiger partial charge is 0.337 e. The quantitative estimate of drug-likeness (QED) is 0.560. The second kappa shape index (κ2) is 9.11. The number of amides is 1. The van der Waals surface area contributed by atoms with Crippen LogP contribution in [0.1, 0.15) is 26.3 Å². The van der Waals surface area contributed by atoms with E-state index in [-0.39, 0.29) is 22.6 Å². The van der Waals surface area contributed by atoms with E-state index < -0.39 is 11.9 Å². The molecule has 3 N–H and O–H groups in total. The van der Waals surface area contributed by atoms with E-state index in [9.17, 15) is 19.8 Å². The average Bonchev–Trinajstić information content (AvgIpc) is 2.79. The third-order valence-corrected chi connectivity index (χ3v) is 5.45. The van der Waals surface area contributed by atoms with Crippen molar-refractivity contribution in [1.29, 1.82) is 0 Å². The van der Waals surface area contributed by atoms with Crippen LogP contribution in [0, 0.1) is 6.92 Å². The minimum atomic E-state index is -1.15. The predicted octanol–water partition coefficient (Wildman–Crippen LogP) is 4.15. The Morgan fingerprint density at radius 1 is 0.938 bits per heavy atom. The lowest BCUT2D eigenvalue weighted by molar-refractivity contribution is 0.0698. The summed E-state index contributed by atoms with van der Waals surface area (Å²) in [5, 5.41) is 22.6. The van der Waals surface area contributed by atoms with Crippen LogP contribution in [0.4, 0.5) is 11.4 Å². The zero-order chi connectivity index (χ0) is 22.7. The number of nitrogens with one attached hydrogen (secondary N) is 1. The lowest BCUT2D eigenvalue weighted by atomic mass is 10.0. The number of anilines is 2. The van der Waals surface area contributed by atoms with Gasteiger partial charge < -0.3 is 25.2 Å². The summed E-state index contributed by atoms with van der Waals surface area (Å²) in [6.45, 7) is 4.54. The van der Waals surface area contributed by atoms with Crippen LogP contribution in [0.2, 0.25) is 0 Å². The summed E-state index contributed by atoms with van der Waals surface area (Å²) in [7, 11) is 0. The second-order valence-corrected chi connectivity index (χ2v) is 7.69. The van der Waals surface area contributed by atoms with Gasteiger partial charge in [-0.3, -0.25) is 4.79 Å². The lowest BCUT2D eigenvalue weighted by Gasteiger charge is -2.29. The van der Waals surface area contributed by atoms with Crippen molar-refractivity contribution in [3.05, 3.63) is 77.4 Å². The summed E-state index contributed by atoms with van der Waals surface area (Å²) in [6.07, 6.45) is 0. The van der Waals surface area contributed by atoms with Crippen molar-refractivity contribution in [2.75, 3.05) is 36.5 Å². The molecular weight excluding hydrogens is 408 g/mol. The van der Waals surface area contributed by atoms with Crippen molar-refractivity contribution in [3.63, 3.8) is 0 Å². The highest BCUT2D eigenvalue weighted by molar-refractivity contribution is 6.10. The van der Waals surface area contributed by atoms with Gasteiger partial charge in [0.2, 0.25) is 0 Å². The Morgan fingerprint density at radius 2 is 1.69 bits per heavy atom. The topological polar surface area (TPSA) is 99.1 Å². The molecule has 3 aromatic rings. The minimum Gasteiger partial charge on any atom is -0.507 e. The molecule has 7 nitrogen and oxygen atoms in total. The minimum absolute atomic E-state index is 0.0291. The van der Waals surface area contributed by atoms with E-state index in [2.05, 4.69) is 10.2 Å². The van der Waals surface area contributed by atoms with Crippen molar-refractivity contribution < 1.29 is 24.5 Å². The van der Waals surface area contributed by atoms with Crippen LogP contribution >= 0.6 is 0 Å². The number of aromatic carboxylic acids is 1. The van der Waals surface area contributed by atoms with E-state index in [4.69, 9.17) is 4.74 Å². The highest BCUT2D eigenvalue weighted by Gasteiger charge is 2.19. The number of hydrogen-bond acceptors (Lipinski definition) is 5. The number of benzene rings is 3. The van der Waals surface area contributed by atoms with E-state index in [0.29, 0.717) is 26.3 Å². The average molecular weight is 432 g/mol. The standard InChI is InChI=1S/C25H24N2O5/c1-16-3-2-4-17(13-16)18-5-7-20(25(30)31)22(14-18)26-24(29)21-15-19(6-8-23(21)28)27-9-11-32-12-10-27/h2-8,13-15,28H,9-12H2,1H3,(H,26,29)(H,30,31). The Kier molecular flexibility index (Phi) is 6.09. The molecule has 1 heterocycles. The third-order valence-electron chi connectivity index (χ3n) is 5.45. The van der Waals surface area contributed by atoms with Gasteiger partial charge in [-0.05, 0) is 48.4 Å². The molecule has 0 bridgehead atoms. The maximum Gasteiger partial charge on any atom is 0.337 e. The molecule has 3 aromatic carbocycles. The molecule has 0 aromatic heterocycles. The van der Waals surface area contributed by atoms with Crippen LogP contribution in [0.25, 0.3) is 11.1 Å². The zero-order valence-corrected chi connectivity index (χ0v) is 17.7. The van der Waals surface area contributed by atoms with E-state index in [1.54, 1.807) is 24.3 Å². The number of aromatic hydroxyl groups is 1. The fourth-order valence-corrected chi connectivity index (χ4v) is 3.75. The first-order valence-electron chi connectivity index (χ1n) is 10.3. The number of carboxylic acids is 1. The number of carbonyl (C=O) groups is 2. The molecule has 4 rings (SSSR count). The molecule has 0 radical (unpaired) electrons. The molecule has 1 aliphatic heterocycles. The summed E-state index contributed by atoms with van der Waals surface area (Å²) in [6, 6.07) is 17.5. The monoisotopic (exact) mass is 432 g/mol. The fraction of sp³-hybridized carbons (Fsp3) is 0.200. The number of rotatable bonds is 5. The number of morpholine rings is 1. The van der Waals surface area contributed by atoms with Crippen molar-refractivity contribution >= 4 is 23.3 Å². The molecular formula is C25H24N2O5. The van der Waals surface area contributed by atoms with E-state index in [1.807, 2.05) is 31.2 Å². The van der Waals surface area contributed by atoms with Gasteiger partial charge >= 0.3 is 5.97 Å². The summed E-state index contributed by atoms with van der Waals surface area (Å²) < 4.78 is 5.37. The highest BCUT2D eigenvalue weighted by Crippen LogP contribution is 2.29. The number of phenolic OH excluding ortho intramolecular Hbond substituents is 1. The molecule has 1 aliphatic rings. The van der Waals surface area contributed by atoms with Gasteiger partial charge in [0.05, 0.1) is 30.0 Å². The zero-order valence-electron chi connectivity index (χ0n) is 17.7. The number of ether oxygens (including phenoxy) is 1. The number of carboxylic acid groups (broad SMARTS) is 1. The Morgan fingerprint density at radius 3 is 2.41 bits per heavy atom. The molecule has 32 heavy (non-hydrogen) atoms. The van der Waals surface area contributed by atoms with Gasteiger partial charge in [-0.15, -0.1) is 0 Å². The predicted molar refractivity (Wildman–Crippen MR) is 123 cm³/mol. The maximum absolute atomic E-state index is 13.0. The number of phenols is 1. The van der Waals surface area contributed by atoms with E-state index in [0.717, 1.165) is 22.4 Å². The van der Waals surface area contributed by atoms with Crippen molar-refractivity contribution in [2.24, 2.45) is 0 Å². The first kappa shape index (κ1) is 21.4. The molecule has 0 unspecified atom stereocenters. The Labute approximate surface area is 185 Å². The van der Waals surface area contributed by atoms with Crippen LogP contribution in [-0.2, 0) is 4.74 Å². The van der Waals surface area contributed by atoms with Gasteiger partial charge in [0.25, 0.3) is 5.91 Å². The van der Waals surface area contributed by atoms with Crippen LogP contribution < -0.4 is 10.2 Å². The van der Waals surface area contributed by atoms with Gasteiger partial charge in [-0.2, -0.15) is 0 Å². The van der Waals surface area contributed by atoms with Crippen molar-refractivity contribution in [2.45, 2.75) is 6.92 Å². The number of nitrogens with zero attached hydrogens (tertiary/aromatic N) is 1. The van der Waals surface area contributed by atoms with Crippen LogP contribution in [0.15, 0.2) is 60.7 Å². The Bertz CT molecular complexity index is 1170. The number of hydrogen-bond donors (Lipinski definition) is 3. The normalized spacial score (nSPS) is 13.6. The first-order valence-corrected chi connectivity index (χ1v) is 10.3. The Balaban J connectivity index is 1.66. The molecule has 1 fully saturated rings. The second-order valence-electron chi connectivity index (χ2n) is 7.69. The molecule has 0 saturated carbocycles. The molecule has 0 aliphatic carbocycles. The van der Waals surface area contributed by atoms with E-state index >= 15 is 0 Å². The largest absolute Gasteiger partial charge is 0.507 e. The van der Waals surface area contributed by atoms with Crippen LogP contribution in [-0.4, -0.2) is 48.4 Å². The third kappa shape index (κ3) is 4.58. The van der Waals surface area contributed by atoms with Crippen LogP contribution in [0.3, 0.4) is 0 Å². The van der Waals surface area contributed by atoms with Gasteiger partial charge in [-0.1, -0.05) is 35.9 Å². The van der Waals surface area contributed by atoms with E-state index in [1.165, 1.54) is 12.1 Å². The van der Waals surface area contributed by atoms with Gasteiger partial charge in [0.1, 0.15) is 5.75 Å². The number of carbonyl (C=O) groups excluding carboxylic acids is 1. The Hall–Kier alpha value is -3.84. The molecule has 164 valence electrons. The SMILES string of the molecule is Cc1cccc(-c2ccc(C(=O)O)c(NC(=O)c3cc(N4CCOCC4)ccc3O)c2)c1. The molecule has 1 amide bonds. The summed E-state index contributed by atoms with van der Waals surface area (Å²) >= 11 is 0. The van der Waals surface area contributed by atoms with Gasteiger partial charge in [-0.25, -0.2) is 4.79 Å².